The van der Waals surface area contributed by atoms with E-state index in [1.807, 2.05) is 0 Å². The SMILES string of the molecule is C[N]CC(=O)NCCO. The molecule has 4 heteroatoms. The highest BCUT2D eigenvalue weighted by molar-refractivity contribution is 5.77. The summed E-state index contributed by atoms with van der Waals surface area (Å²) in [5.41, 5.74) is 0. The Morgan fingerprint density at radius 3 is 2.89 bits per heavy atom. The monoisotopic (exact) mass is 131 g/mol. The van der Waals surface area contributed by atoms with E-state index >= 15 is 0 Å². The van der Waals surface area contributed by atoms with E-state index in [-0.39, 0.29) is 19.1 Å². The minimum Gasteiger partial charge on any atom is -0.395 e. The van der Waals surface area contributed by atoms with Crippen LogP contribution >= 0.6 is 0 Å². The van der Waals surface area contributed by atoms with Crippen LogP contribution in [0.2, 0.25) is 0 Å². The Hall–Kier alpha value is -0.610. The molecule has 0 aliphatic heterocycles. The van der Waals surface area contributed by atoms with Crippen molar-refractivity contribution >= 4 is 5.91 Å². The van der Waals surface area contributed by atoms with E-state index in [2.05, 4.69) is 10.6 Å². The van der Waals surface area contributed by atoms with Crippen molar-refractivity contribution in [2.45, 2.75) is 0 Å². The number of amides is 1. The molecule has 0 heterocycles. The zero-order valence-corrected chi connectivity index (χ0v) is 5.42. The molecule has 0 saturated heterocycles. The second-order valence-corrected chi connectivity index (χ2v) is 1.55. The fraction of sp³-hybridized carbons (Fsp3) is 0.800. The largest absolute Gasteiger partial charge is 0.395 e. The molecule has 0 saturated carbocycles. The van der Waals surface area contributed by atoms with E-state index in [4.69, 9.17) is 5.11 Å². The third-order valence-corrected chi connectivity index (χ3v) is 0.736. The first kappa shape index (κ1) is 8.39. The van der Waals surface area contributed by atoms with Gasteiger partial charge in [0.05, 0.1) is 13.2 Å². The smallest absolute Gasteiger partial charge is 0.235 e. The molecule has 0 atom stereocenters. The zero-order chi connectivity index (χ0) is 7.11. The quantitative estimate of drug-likeness (QED) is 0.479. The van der Waals surface area contributed by atoms with Crippen LogP contribution in [0.25, 0.3) is 0 Å². The highest BCUT2D eigenvalue weighted by Gasteiger charge is 1.95. The standard InChI is InChI=1S/C5H11N2O2/c1-6-4-5(9)7-2-3-8/h8H,2-4H2,1H3,(H,7,9). The molecule has 0 aromatic heterocycles. The average Bonchev–Trinajstić information content (AvgIpc) is 1.85. The lowest BCUT2D eigenvalue weighted by Gasteiger charge is -1.98. The molecule has 0 spiro atoms. The van der Waals surface area contributed by atoms with Crippen LogP contribution < -0.4 is 10.6 Å². The lowest BCUT2D eigenvalue weighted by Crippen LogP contribution is -2.31. The maximum Gasteiger partial charge on any atom is 0.235 e. The van der Waals surface area contributed by atoms with E-state index in [0.717, 1.165) is 0 Å². The summed E-state index contributed by atoms with van der Waals surface area (Å²) in [4.78, 5) is 10.5. The van der Waals surface area contributed by atoms with Gasteiger partial charge in [0, 0.05) is 13.6 Å². The van der Waals surface area contributed by atoms with Crippen molar-refractivity contribution < 1.29 is 9.90 Å². The Bertz CT molecular complexity index is 85.0. The van der Waals surface area contributed by atoms with Crippen LogP contribution in [0, 0.1) is 0 Å². The molecule has 0 unspecified atom stereocenters. The van der Waals surface area contributed by atoms with Gasteiger partial charge in [0.1, 0.15) is 0 Å². The van der Waals surface area contributed by atoms with Crippen LogP contribution in [0.4, 0.5) is 0 Å². The first-order valence-electron chi connectivity index (χ1n) is 2.74. The summed E-state index contributed by atoms with van der Waals surface area (Å²) < 4.78 is 0. The molecule has 0 bridgehead atoms. The zero-order valence-electron chi connectivity index (χ0n) is 5.42. The summed E-state index contributed by atoms with van der Waals surface area (Å²) >= 11 is 0. The van der Waals surface area contributed by atoms with Gasteiger partial charge in [0.2, 0.25) is 5.91 Å². The van der Waals surface area contributed by atoms with Crippen LogP contribution in [0.15, 0.2) is 0 Å². The van der Waals surface area contributed by atoms with Crippen molar-refractivity contribution in [3.05, 3.63) is 0 Å². The van der Waals surface area contributed by atoms with E-state index in [1.165, 1.54) is 0 Å². The van der Waals surface area contributed by atoms with Crippen molar-refractivity contribution in [3.8, 4) is 0 Å². The Kier molecular flexibility index (Phi) is 5.15. The highest BCUT2D eigenvalue weighted by Crippen LogP contribution is 1.61. The molecule has 2 N–H and O–H groups in total. The van der Waals surface area contributed by atoms with Crippen molar-refractivity contribution in [2.75, 3.05) is 26.7 Å². The first-order chi connectivity index (χ1) is 4.31. The number of likely N-dealkylation sites (N-methyl/N-ethyl adjacent to an activating group) is 1. The third-order valence-electron chi connectivity index (χ3n) is 0.736. The predicted octanol–water partition coefficient (Wildman–Crippen LogP) is -1.67. The lowest BCUT2D eigenvalue weighted by atomic mass is 10.5. The number of aliphatic hydroxyl groups excluding tert-OH is 1. The lowest BCUT2D eigenvalue weighted by molar-refractivity contribution is -0.120. The predicted molar refractivity (Wildman–Crippen MR) is 33.0 cm³/mol. The maximum atomic E-state index is 10.5. The highest BCUT2D eigenvalue weighted by atomic mass is 16.3. The Balaban J connectivity index is 3.06. The molecule has 0 fully saturated rings. The summed E-state index contributed by atoms with van der Waals surface area (Å²) in [6.07, 6.45) is 0. The van der Waals surface area contributed by atoms with Gasteiger partial charge in [-0.25, -0.2) is 5.32 Å². The van der Waals surface area contributed by atoms with E-state index in [0.29, 0.717) is 6.54 Å². The summed E-state index contributed by atoms with van der Waals surface area (Å²) in [5.74, 6) is -0.147. The molecule has 0 aromatic carbocycles. The van der Waals surface area contributed by atoms with Crippen molar-refractivity contribution in [3.63, 3.8) is 0 Å². The van der Waals surface area contributed by atoms with E-state index in [1.54, 1.807) is 7.05 Å². The van der Waals surface area contributed by atoms with Crippen LogP contribution in [-0.4, -0.2) is 37.8 Å². The summed E-state index contributed by atoms with van der Waals surface area (Å²) in [7, 11) is 1.57. The van der Waals surface area contributed by atoms with E-state index < -0.39 is 0 Å². The van der Waals surface area contributed by atoms with Crippen LogP contribution in [0.3, 0.4) is 0 Å². The van der Waals surface area contributed by atoms with Gasteiger partial charge in [-0.05, 0) is 0 Å². The number of carbonyl (C=O) groups is 1. The summed E-state index contributed by atoms with van der Waals surface area (Å²) in [5, 5.41) is 14.3. The number of nitrogens with one attached hydrogen (secondary N) is 1. The molecule has 0 rings (SSSR count). The number of hydrogen-bond acceptors (Lipinski definition) is 2. The Morgan fingerprint density at radius 1 is 1.78 bits per heavy atom. The molecular weight excluding hydrogens is 120 g/mol. The van der Waals surface area contributed by atoms with Crippen LogP contribution in [0.1, 0.15) is 0 Å². The number of nitrogens with zero attached hydrogens (tertiary/aromatic N) is 1. The van der Waals surface area contributed by atoms with Crippen LogP contribution in [-0.2, 0) is 4.79 Å². The second kappa shape index (κ2) is 5.53. The van der Waals surface area contributed by atoms with Crippen LogP contribution in [0.5, 0.6) is 0 Å². The number of aliphatic hydroxyl groups is 1. The van der Waals surface area contributed by atoms with Gasteiger partial charge in [-0.3, -0.25) is 4.79 Å². The molecule has 9 heavy (non-hydrogen) atoms. The molecule has 1 radical (unpaired) electrons. The van der Waals surface area contributed by atoms with Crippen molar-refractivity contribution in [1.82, 2.24) is 10.6 Å². The minimum atomic E-state index is -0.147. The molecule has 0 aliphatic carbocycles. The first-order valence-corrected chi connectivity index (χ1v) is 2.74. The van der Waals surface area contributed by atoms with Gasteiger partial charge < -0.3 is 10.4 Å². The summed E-state index contributed by atoms with van der Waals surface area (Å²) in [6, 6.07) is 0. The fourth-order valence-corrected chi connectivity index (χ4v) is 0.395. The third kappa shape index (κ3) is 5.26. The fourth-order valence-electron chi connectivity index (χ4n) is 0.395. The normalized spacial score (nSPS) is 9.11. The molecular formula is C5H11N2O2. The number of hydrogen-bond donors (Lipinski definition) is 2. The molecule has 1 amide bonds. The van der Waals surface area contributed by atoms with Gasteiger partial charge in [-0.15, -0.1) is 0 Å². The van der Waals surface area contributed by atoms with Gasteiger partial charge in [0.25, 0.3) is 0 Å². The van der Waals surface area contributed by atoms with Gasteiger partial charge in [-0.1, -0.05) is 0 Å². The topological polar surface area (TPSA) is 63.4 Å². The van der Waals surface area contributed by atoms with Gasteiger partial charge in [0.15, 0.2) is 0 Å². The van der Waals surface area contributed by atoms with Crippen molar-refractivity contribution in [2.24, 2.45) is 0 Å². The Labute approximate surface area is 54.3 Å². The average molecular weight is 131 g/mol. The minimum absolute atomic E-state index is 0.0184. The number of rotatable bonds is 4. The Morgan fingerprint density at radius 2 is 2.44 bits per heavy atom. The molecule has 0 aromatic rings. The molecule has 0 aliphatic rings. The van der Waals surface area contributed by atoms with Gasteiger partial charge >= 0.3 is 0 Å². The maximum absolute atomic E-state index is 10.5. The van der Waals surface area contributed by atoms with E-state index in [9.17, 15) is 4.79 Å². The molecule has 4 nitrogen and oxygen atoms in total. The van der Waals surface area contributed by atoms with Crippen molar-refractivity contribution in [1.29, 1.82) is 0 Å². The number of carbonyl (C=O) groups excluding carboxylic acids is 1. The van der Waals surface area contributed by atoms with Gasteiger partial charge in [-0.2, -0.15) is 0 Å². The molecule has 53 valence electrons. The second-order valence-electron chi connectivity index (χ2n) is 1.55. The summed E-state index contributed by atoms with van der Waals surface area (Å²) in [6.45, 7) is 0.476.